The second kappa shape index (κ2) is 6.17. The molecule has 4 rings (SSSR count). The Labute approximate surface area is 153 Å². The van der Waals surface area contributed by atoms with Crippen LogP contribution in [0.5, 0.6) is 5.75 Å². The first-order chi connectivity index (χ1) is 13.0. The quantitative estimate of drug-likeness (QED) is 0.655. The molecule has 7 nitrogen and oxygen atoms in total. The number of aromatic nitrogens is 2. The number of guanidine groups is 1. The van der Waals surface area contributed by atoms with Crippen molar-refractivity contribution in [2.24, 2.45) is 10.7 Å². The monoisotopic (exact) mass is 363 g/mol. The number of carbonyl (C=O) groups excluding carboxylic acids is 1. The first kappa shape index (κ1) is 16.6. The number of phenols is 1. The van der Waals surface area contributed by atoms with Gasteiger partial charge in [0.2, 0.25) is 0 Å². The van der Waals surface area contributed by atoms with E-state index in [1.54, 1.807) is 12.1 Å². The van der Waals surface area contributed by atoms with Crippen LogP contribution in [0.3, 0.4) is 0 Å². The molecule has 1 aromatic heterocycles. The first-order valence-corrected chi connectivity index (χ1v) is 8.02. The van der Waals surface area contributed by atoms with Gasteiger partial charge in [0.15, 0.2) is 11.5 Å². The molecule has 8 heteroatoms. The predicted octanol–water partition coefficient (Wildman–Crippen LogP) is 1.68. The van der Waals surface area contributed by atoms with Gasteiger partial charge in [0.25, 0.3) is 5.91 Å². The highest BCUT2D eigenvalue weighted by molar-refractivity contribution is 6.09. The molecule has 0 saturated heterocycles. The number of hydrogen-bond donors (Lipinski definition) is 3. The predicted molar refractivity (Wildman–Crippen MR) is 96.1 cm³/mol. The number of amides is 1. The maximum Gasteiger partial charge on any atom is 0.263 e. The number of aliphatic imine (C=N–C) groups is 1. The van der Waals surface area contributed by atoms with E-state index in [0.29, 0.717) is 16.7 Å². The average molecular weight is 363 g/mol. The topological polar surface area (TPSA) is 113 Å². The molecule has 2 aromatic carbocycles. The van der Waals surface area contributed by atoms with Crippen molar-refractivity contribution in [3.05, 3.63) is 78.1 Å². The van der Waals surface area contributed by atoms with E-state index >= 15 is 0 Å². The lowest BCUT2D eigenvalue weighted by molar-refractivity contribution is -0.122. The Morgan fingerprint density at radius 2 is 1.70 bits per heavy atom. The molecule has 2 heterocycles. The second-order valence-electron chi connectivity index (χ2n) is 6.03. The maximum absolute atomic E-state index is 14.4. The molecule has 0 saturated carbocycles. The molecule has 1 aliphatic heterocycles. The highest BCUT2D eigenvalue weighted by atomic mass is 19.1. The fourth-order valence-corrected chi connectivity index (χ4v) is 3.14. The Morgan fingerprint density at radius 1 is 1.04 bits per heavy atom. The maximum atomic E-state index is 14.4. The highest BCUT2D eigenvalue weighted by Gasteiger charge is 2.46. The van der Waals surface area contributed by atoms with E-state index in [4.69, 9.17) is 5.73 Å². The number of nitrogens with two attached hydrogens (primary N) is 1. The smallest absolute Gasteiger partial charge is 0.263 e. The molecule has 1 atom stereocenters. The number of benzene rings is 2. The third-order valence-corrected chi connectivity index (χ3v) is 4.40. The lowest BCUT2D eigenvalue weighted by Gasteiger charge is -2.25. The van der Waals surface area contributed by atoms with Gasteiger partial charge in [0, 0.05) is 23.5 Å². The van der Waals surface area contributed by atoms with Gasteiger partial charge < -0.3 is 10.8 Å². The van der Waals surface area contributed by atoms with Crippen LogP contribution in [0, 0.1) is 5.82 Å². The number of halogens is 1. The van der Waals surface area contributed by atoms with Crippen LogP contribution in [0.4, 0.5) is 4.39 Å². The van der Waals surface area contributed by atoms with Crippen LogP contribution in [0.2, 0.25) is 0 Å². The molecule has 0 spiro atoms. The van der Waals surface area contributed by atoms with Crippen LogP contribution >= 0.6 is 0 Å². The number of carbonyl (C=O) groups is 1. The van der Waals surface area contributed by atoms with Gasteiger partial charge in [0.1, 0.15) is 17.9 Å². The minimum absolute atomic E-state index is 0.0398. The SMILES string of the molecule is NC1=NC(c2ccc(O)cc2)(c2ccc(F)c(-c3cncnc3)c2)C(=O)N1. The van der Waals surface area contributed by atoms with Crippen molar-refractivity contribution in [3.8, 4) is 16.9 Å². The minimum atomic E-state index is -1.49. The Balaban J connectivity index is 1.95. The number of phenolic OH excluding ortho intramolecular Hbond substituents is 1. The van der Waals surface area contributed by atoms with Gasteiger partial charge in [-0.05, 0) is 35.4 Å². The van der Waals surface area contributed by atoms with E-state index in [2.05, 4.69) is 20.3 Å². The van der Waals surface area contributed by atoms with Gasteiger partial charge in [-0.25, -0.2) is 19.4 Å². The normalized spacial score (nSPS) is 18.9. The molecule has 1 amide bonds. The average Bonchev–Trinajstić information content (AvgIpc) is 2.98. The molecular weight excluding hydrogens is 349 g/mol. The molecule has 0 fully saturated rings. The number of rotatable bonds is 3. The molecule has 0 radical (unpaired) electrons. The second-order valence-corrected chi connectivity index (χ2v) is 6.03. The Morgan fingerprint density at radius 3 is 2.33 bits per heavy atom. The summed E-state index contributed by atoms with van der Waals surface area (Å²) in [5.74, 6) is -0.940. The molecule has 1 aliphatic rings. The van der Waals surface area contributed by atoms with E-state index in [1.807, 2.05) is 0 Å². The first-order valence-electron chi connectivity index (χ1n) is 8.02. The van der Waals surface area contributed by atoms with Crippen molar-refractivity contribution in [1.29, 1.82) is 0 Å². The molecule has 4 N–H and O–H groups in total. The van der Waals surface area contributed by atoms with Crippen molar-refractivity contribution in [3.63, 3.8) is 0 Å². The minimum Gasteiger partial charge on any atom is -0.508 e. The van der Waals surface area contributed by atoms with Gasteiger partial charge in [-0.1, -0.05) is 18.2 Å². The van der Waals surface area contributed by atoms with E-state index in [0.717, 1.165) is 0 Å². The van der Waals surface area contributed by atoms with Crippen LogP contribution in [0.25, 0.3) is 11.1 Å². The van der Waals surface area contributed by atoms with Crippen molar-refractivity contribution in [2.75, 3.05) is 0 Å². The fourth-order valence-electron chi connectivity index (χ4n) is 3.14. The van der Waals surface area contributed by atoms with E-state index in [1.165, 1.54) is 49.1 Å². The standard InChI is InChI=1S/C19H14FN5O2/c20-16-6-3-13(7-15(16)11-8-22-10-23-9-11)19(17(27)24-18(21)25-19)12-1-4-14(26)5-2-12/h1-10,26H,(H3,21,24,25,27). The summed E-state index contributed by atoms with van der Waals surface area (Å²) in [4.78, 5) is 25.0. The molecule has 134 valence electrons. The van der Waals surface area contributed by atoms with E-state index in [-0.39, 0.29) is 17.3 Å². The van der Waals surface area contributed by atoms with Crippen molar-refractivity contribution >= 4 is 11.9 Å². The Hall–Kier alpha value is -3.81. The summed E-state index contributed by atoms with van der Waals surface area (Å²) < 4.78 is 14.4. The van der Waals surface area contributed by atoms with E-state index in [9.17, 15) is 14.3 Å². The highest BCUT2D eigenvalue weighted by Crippen LogP contribution is 2.39. The lowest BCUT2D eigenvalue weighted by atomic mass is 9.82. The summed E-state index contributed by atoms with van der Waals surface area (Å²) in [7, 11) is 0. The molecule has 27 heavy (non-hydrogen) atoms. The summed E-state index contributed by atoms with van der Waals surface area (Å²) in [5.41, 5.74) is 5.88. The molecule has 0 bridgehead atoms. The summed E-state index contributed by atoms with van der Waals surface area (Å²) in [6, 6.07) is 10.3. The van der Waals surface area contributed by atoms with Gasteiger partial charge in [-0.2, -0.15) is 0 Å². The van der Waals surface area contributed by atoms with Crippen LogP contribution in [0.15, 0.2) is 66.2 Å². The van der Waals surface area contributed by atoms with Crippen molar-refractivity contribution < 1.29 is 14.3 Å². The van der Waals surface area contributed by atoms with Crippen LogP contribution in [-0.4, -0.2) is 26.9 Å². The number of nitrogens with zero attached hydrogens (tertiary/aromatic N) is 3. The fraction of sp³-hybridized carbons (Fsp3) is 0.0526. The Kier molecular flexibility index (Phi) is 3.80. The van der Waals surface area contributed by atoms with Gasteiger partial charge >= 0.3 is 0 Å². The third kappa shape index (κ3) is 2.67. The largest absolute Gasteiger partial charge is 0.508 e. The summed E-state index contributed by atoms with van der Waals surface area (Å²) in [6.45, 7) is 0. The lowest BCUT2D eigenvalue weighted by Crippen LogP contribution is -2.39. The number of nitrogens with one attached hydrogen (secondary N) is 1. The zero-order valence-electron chi connectivity index (χ0n) is 13.9. The third-order valence-electron chi connectivity index (χ3n) is 4.40. The zero-order chi connectivity index (χ0) is 19.0. The van der Waals surface area contributed by atoms with Crippen LogP contribution in [-0.2, 0) is 10.3 Å². The number of hydrogen-bond acceptors (Lipinski definition) is 6. The van der Waals surface area contributed by atoms with Crippen molar-refractivity contribution in [2.45, 2.75) is 5.54 Å². The van der Waals surface area contributed by atoms with Crippen molar-refractivity contribution in [1.82, 2.24) is 15.3 Å². The summed E-state index contributed by atoms with van der Waals surface area (Å²) in [5, 5.41) is 12.1. The molecule has 3 aromatic rings. The molecular formula is C19H14FN5O2. The summed E-state index contributed by atoms with van der Waals surface area (Å²) in [6.07, 6.45) is 4.31. The summed E-state index contributed by atoms with van der Waals surface area (Å²) >= 11 is 0. The zero-order valence-corrected chi connectivity index (χ0v) is 13.9. The molecule has 1 unspecified atom stereocenters. The van der Waals surface area contributed by atoms with Gasteiger partial charge in [0.05, 0.1) is 0 Å². The van der Waals surface area contributed by atoms with Gasteiger partial charge in [-0.15, -0.1) is 0 Å². The van der Waals surface area contributed by atoms with Gasteiger partial charge in [-0.3, -0.25) is 10.1 Å². The van der Waals surface area contributed by atoms with Crippen LogP contribution in [0.1, 0.15) is 11.1 Å². The van der Waals surface area contributed by atoms with E-state index < -0.39 is 17.3 Å². The van der Waals surface area contributed by atoms with Crippen LogP contribution < -0.4 is 11.1 Å². The Bertz CT molecular complexity index is 1050. The number of aromatic hydroxyl groups is 1. The molecule has 0 aliphatic carbocycles.